The predicted molar refractivity (Wildman–Crippen MR) is 87.3 cm³/mol. The molecule has 0 saturated heterocycles. The zero-order valence-electron chi connectivity index (χ0n) is 12.0. The quantitative estimate of drug-likeness (QED) is 0.862. The Hall–Kier alpha value is -2.01. The molecular weight excluding hydrogens is 332 g/mol. The van der Waals surface area contributed by atoms with Crippen LogP contribution in [0.2, 0.25) is 0 Å². The highest BCUT2D eigenvalue weighted by Gasteiger charge is 2.11. The van der Waals surface area contributed by atoms with Gasteiger partial charge in [0.1, 0.15) is 12.4 Å². The summed E-state index contributed by atoms with van der Waals surface area (Å²) in [6.45, 7) is 0.380. The van der Waals surface area contributed by atoms with Crippen molar-refractivity contribution in [2.24, 2.45) is 0 Å². The van der Waals surface area contributed by atoms with Crippen LogP contribution in [0.4, 0.5) is 5.69 Å². The molecule has 4 nitrogen and oxygen atoms in total. The summed E-state index contributed by atoms with van der Waals surface area (Å²) in [5.41, 5.74) is 7.98. The van der Waals surface area contributed by atoms with Gasteiger partial charge in [0.25, 0.3) is 5.91 Å². The van der Waals surface area contributed by atoms with Crippen LogP contribution < -0.4 is 10.5 Å². The molecule has 0 fully saturated rings. The average molecular weight is 349 g/mol. The lowest BCUT2D eigenvalue weighted by molar-refractivity contribution is 0.0827. The van der Waals surface area contributed by atoms with Gasteiger partial charge in [-0.2, -0.15) is 0 Å². The van der Waals surface area contributed by atoms with Gasteiger partial charge in [0.05, 0.1) is 5.69 Å². The van der Waals surface area contributed by atoms with Gasteiger partial charge in [0, 0.05) is 29.7 Å². The monoisotopic (exact) mass is 348 g/mol. The first-order valence-electron chi connectivity index (χ1n) is 6.46. The molecule has 0 radical (unpaired) electrons. The minimum Gasteiger partial charge on any atom is -0.487 e. The Morgan fingerprint density at radius 1 is 1.24 bits per heavy atom. The van der Waals surface area contributed by atoms with Crippen molar-refractivity contribution in [2.75, 3.05) is 19.8 Å². The van der Waals surface area contributed by atoms with Crippen LogP contribution in [0.1, 0.15) is 15.9 Å². The summed E-state index contributed by atoms with van der Waals surface area (Å²) >= 11 is 3.47. The molecule has 2 aromatic rings. The van der Waals surface area contributed by atoms with Gasteiger partial charge in [-0.15, -0.1) is 0 Å². The Kier molecular flexibility index (Phi) is 4.85. The Morgan fingerprint density at radius 2 is 1.95 bits per heavy atom. The standard InChI is InChI=1S/C16H17BrN2O2/c1-19(2)16(20)11-7-8-14(18)15(9-11)21-10-12-5-3-4-6-13(12)17/h3-9H,10,18H2,1-2H3. The van der Waals surface area contributed by atoms with Gasteiger partial charge in [-0.1, -0.05) is 34.1 Å². The number of halogens is 1. The summed E-state index contributed by atoms with van der Waals surface area (Å²) in [5.74, 6) is 0.430. The van der Waals surface area contributed by atoms with E-state index in [1.54, 1.807) is 32.3 Å². The van der Waals surface area contributed by atoms with E-state index >= 15 is 0 Å². The van der Waals surface area contributed by atoms with Crippen LogP contribution in [0.15, 0.2) is 46.9 Å². The van der Waals surface area contributed by atoms with Crippen molar-refractivity contribution in [1.82, 2.24) is 4.90 Å². The number of anilines is 1. The van der Waals surface area contributed by atoms with E-state index in [0.717, 1.165) is 10.0 Å². The smallest absolute Gasteiger partial charge is 0.253 e. The Morgan fingerprint density at radius 3 is 2.62 bits per heavy atom. The van der Waals surface area contributed by atoms with E-state index in [2.05, 4.69) is 15.9 Å². The molecule has 5 heteroatoms. The minimum absolute atomic E-state index is 0.0826. The highest BCUT2D eigenvalue weighted by Crippen LogP contribution is 2.25. The third-order valence-corrected chi connectivity index (χ3v) is 3.78. The molecule has 1 amide bonds. The van der Waals surface area contributed by atoms with Crippen LogP contribution in [-0.4, -0.2) is 24.9 Å². The van der Waals surface area contributed by atoms with Gasteiger partial charge in [-0.3, -0.25) is 4.79 Å². The molecule has 21 heavy (non-hydrogen) atoms. The maximum atomic E-state index is 12.0. The molecule has 0 aliphatic heterocycles. The maximum absolute atomic E-state index is 12.0. The summed E-state index contributed by atoms with van der Waals surface area (Å²) in [5, 5.41) is 0. The number of ether oxygens (including phenoxy) is 1. The summed E-state index contributed by atoms with van der Waals surface area (Å²) in [4.78, 5) is 13.5. The van der Waals surface area contributed by atoms with Gasteiger partial charge >= 0.3 is 0 Å². The number of carbonyl (C=O) groups is 1. The first-order valence-corrected chi connectivity index (χ1v) is 7.25. The molecular formula is C16H17BrN2O2. The fourth-order valence-corrected chi connectivity index (χ4v) is 2.22. The van der Waals surface area contributed by atoms with Crippen molar-refractivity contribution in [3.63, 3.8) is 0 Å². The van der Waals surface area contributed by atoms with Crippen molar-refractivity contribution >= 4 is 27.5 Å². The number of hydrogen-bond donors (Lipinski definition) is 1. The van der Waals surface area contributed by atoms with E-state index in [9.17, 15) is 4.79 Å². The molecule has 0 unspecified atom stereocenters. The van der Waals surface area contributed by atoms with Crippen molar-refractivity contribution in [3.8, 4) is 5.75 Å². The fourth-order valence-electron chi connectivity index (χ4n) is 1.82. The van der Waals surface area contributed by atoms with Gasteiger partial charge in [-0.25, -0.2) is 0 Å². The van der Waals surface area contributed by atoms with Crippen LogP contribution in [0.25, 0.3) is 0 Å². The second-order valence-electron chi connectivity index (χ2n) is 4.83. The summed E-state index contributed by atoms with van der Waals surface area (Å²) < 4.78 is 6.72. The minimum atomic E-state index is -0.0826. The second kappa shape index (κ2) is 6.63. The molecule has 110 valence electrons. The molecule has 0 aliphatic rings. The number of rotatable bonds is 4. The molecule has 0 atom stereocenters. The highest BCUT2D eigenvalue weighted by molar-refractivity contribution is 9.10. The zero-order chi connectivity index (χ0) is 15.4. The number of nitrogens with two attached hydrogens (primary N) is 1. The van der Waals surface area contributed by atoms with E-state index in [1.807, 2.05) is 24.3 Å². The van der Waals surface area contributed by atoms with Crippen molar-refractivity contribution in [2.45, 2.75) is 6.61 Å². The molecule has 0 heterocycles. The number of carbonyl (C=O) groups excluding carboxylic acids is 1. The maximum Gasteiger partial charge on any atom is 0.253 e. The van der Waals surface area contributed by atoms with Gasteiger partial charge < -0.3 is 15.4 Å². The summed E-state index contributed by atoms with van der Waals surface area (Å²) in [6, 6.07) is 12.9. The Bertz CT molecular complexity index is 656. The van der Waals surface area contributed by atoms with Gasteiger partial charge in [0.15, 0.2) is 0 Å². The van der Waals surface area contributed by atoms with Gasteiger partial charge in [-0.05, 0) is 24.3 Å². The number of hydrogen-bond acceptors (Lipinski definition) is 3. The summed E-state index contributed by atoms with van der Waals surface area (Å²) in [7, 11) is 3.42. The van der Waals surface area contributed by atoms with E-state index < -0.39 is 0 Å². The highest BCUT2D eigenvalue weighted by atomic mass is 79.9. The molecule has 0 aromatic heterocycles. The van der Waals surface area contributed by atoms with Crippen LogP contribution in [-0.2, 0) is 6.61 Å². The topological polar surface area (TPSA) is 55.6 Å². The third kappa shape index (κ3) is 3.76. The number of benzene rings is 2. The second-order valence-corrected chi connectivity index (χ2v) is 5.69. The molecule has 0 saturated carbocycles. The summed E-state index contributed by atoms with van der Waals surface area (Å²) in [6.07, 6.45) is 0. The fraction of sp³-hybridized carbons (Fsp3) is 0.188. The number of amides is 1. The molecule has 0 spiro atoms. The first-order chi connectivity index (χ1) is 9.99. The molecule has 2 aromatic carbocycles. The molecule has 2 rings (SSSR count). The normalized spacial score (nSPS) is 10.2. The lowest BCUT2D eigenvalue weighted by Gasteiger charge is -2.14. The van der Waals surface area contributed by atoms with Crippen molar-refractivity contribution in [1.29, 1.82) is 0 Å². The van der Waals surface area contributed by atoms with Crippen LogP contribution >= 0.6 is 15.9 Å². The van der Waals surface area contributed by atoms with Gasteiger partial charge in [0.2, 0.25) is 0 Å². The third-order valence-electron chi connectivity index (χ3n) is 3.01. The average Bonchev–Trinajstić information content (AvgIpc) is 2.47. The van der Waals surface area contributed by atoms with Crippen LogP contribution in [0.3, 0.4) is 0 Å². The molecule has 2 N–H and O–H groups in total. The van der Waals surface area contributed by atoms with Crippen LogP contribution in [0, 0.1) is 0 Å². The SMILES string of the molecule is CN(C)C(=O)c1ccc(N)c(OCc2ccccc2Br)c1. The number of nitrogens with zero attached hydrogens (tertiary/aromatic N) is 1. The molecule has 0 bridgehead atoms. The van der Waals surface area contributed by atoms with E-state index in [4.69, 9.17) is 10.5 Å². The lowest BCUT2D eigenvalue weighted by atomic mass is 10.1. The largest absolute Gasteiger partial charge is 0.487 e. The lowest BCUT2D eigenvalue weighted by Crippen LogP contribution is -2.21. The number of nitrogen functional groups attached to an aromatic ring is 1. The van der Waals surface area contributed by atoms with E-state index in [-0.39, 0.29) is 5.91 Å². The van der Waals surface area contributed by atoms with Crippen molar-refractivity contribution < 1.29 is 9.53 Å². The first kappa shape index (κ1) is 15.4. The van der Waals surface area contributed by atoms with E-state index in [1.165, 1.54) is 4.90 Å². The van der Waals surface area contributed by atoms with Crippen LogP contribution in [0.5, 0.6) is 5.75 Å². The zero-order valence-corrected chi connectivity index (χ0v) is 13.6. The Labute approximate surface area is 132 Å². The van der Waals surface area contributed by atoms with Crippen molar-refractivity contribution in [3.05, 3.63) is 58.1 Å². The van der Waals surface area contributed by atoms with E-state index in [0.29, 0.717) is 23.6 Å². The molecule has 0 aliphatic carbocycles. The Balaban J connectivity index is 2.18. The predicted octanol–water partition coefficient (Wildman–Crippen LogP) is 3.31.